The van der Waals surface area contributed by atoms with Gasteiger partial charge in [0.15, 0.2) is 5.15 Å². The third kappa shape index (κ3) is 7.46. The second-order valence-electron chi connectivity index (χ2n) is 6.00. The van der Waals surface area contributed by atoms with Gasteiger partial charge in [0.2, 0.25) is 6.41 Å². The zero-order chi connectivity index (χ0) is 21.2. The Morgan fingerprint density at radius 1 is 1.07 bits per heavy atom. The van der Waals surface area contributed by atoms with E-state index < -0.39 is 11.7 Å². The number of alkyl halides is 3. The van der Waals surface area contributed by atoms with E-state index in [9.17, 15) is 18.0 Å². The van der Waals surface area contributed by atoms with Crippen LogP contribution in [0.5, 0.6) is 0 Å². The van der Waals surface area contributed by atoms with Gasteiger partial charge in [0.05, 0.1) is 11.3 Å². The van der Waals surface area contributed by atoms with Gasteiger partial charge in [-0.15, -0.1) is 5.10 Å². The van der Waals surface area contributed by atoms with Crippen molar-refractivity contribution in [3.63, 3.8) is 0 Å². The quantitative estimate of drug-likeness (QED) is 0.608. The molecule has 0 N–H and O–H groups in total. The lowest BCUT2D eigenvalue weighted by atomic mass is 9.86. The number of hydrogen-bond donors (Lipinski definition) is 0. The number of hydrogen-bond acceptors (Lipinski definition) is 3. The summed E-state index contributed by atoms with van der Waals surface area (Å²) in [6.07, 6.45) is -2.37. The summed E-state index contributed by atoms with van der Waals surface area (Å²) >= 11 is 5.44. The van der Waals surface area contributed by atoms with Crippen molar-refractivity contribution in [2.75, 3.05) is 13.1 Å². The van der Waals surface area contributed by atoms with E-state index in [1.807, 2.05) is 26.8 Å². The standard InChI is InChI=1S/C13H14F3NO.C5H5ClN2.C2H6/c14-13(15,16)12-4-2-1-3-11(12)10-5-7-17(9-18)8-6-10;1-4-2-3-5(6)8-7-4;1-2/h1-4,9-10H,5-8H2;2-3H,1H3;1-2H3. The molecule has 0 saturated carbocycles. The molecule has 3 rings (SSSR count). The van der Waals surface area contributed by atoms with Gasteiger partial charge in [0.1, 0.15) is 0 Å². The molecule has 4 nitrogen and oxygen atoms in total. The Kier molecular flexibility index (Phi) is 9.93. The van der Waals surface area contributed by atoms with Crippen molar-refractivity contribution in [2.45, 2.75) is 45.7 Å². The van der Waals surface area contributed by atoms with Crippen molar-refractivity contribution in [3.05, 3.63) is 58.4 Å². The summed E-state index contributed by atoms with van der Waals surface area (Å²) in [5.41, 5.74) is 0.694. The van der Waals surface area contributed by atoms with E-state index in [4.69, 9.17) is 11.6 Å². The van der Waals surface area contributed by atoms with Gasteiger partial charge in [-0.05, 0) is 49.4 Å². The van der Waals surface area contributed by atoms with E-state index >= 15 is 0 Å². The number of benzene rings is 1. The Hall–Kier alpha value is -2.15. The second-order valence-corrected chi connectivity index (χ2v) is 6.39. The number of halogens is 4. The van der Waals surface area contributed by atoms with Gasteiger partial charge in [0.25, 0.3) is 0 Å². The predicted molar refractivity (Wildman–Crippen MR) is 104 cm³/mol. The van der Waals surface area contributed by atoms with Crippen molar-refractivity contribution in [1.29, 1.82) is 0 Å². The number of piperidine rings is 1. The molecule has 0 spiro atoms. The Morgan fingerprint density at radius 3 is 2.14 bits per heavy atom. The van der Waals surface area contributed by atoms with Crippen LogP contribution in [0, 0.1) is 6.92 Å². The van der Waals surface area contributed by atoms with Crippen molar-refractivity contribution in [1.82, 2.24) is 15.1 Å². The smallest absolute Gasteiger partial charge is 0.345 e. The monoisotopic (exact) mass is 415 g/mol. The first-order valence-electron chi connectivity index (χ1n) is 9.12. The molecule has 28 heavy (non-hydrogen) atoms. The number of rotatable bonds is 2. The number of nitrogens with zero attached hydrogens (tertiary/aromatic N) is 3. The molecule has 2 heterocycles. The van der Waals surface area contributed by atoms with Crippen LogP contribution in [0.2, 0.25) is 5.15 Å². The SMILES string of the molecule is CC.Cc1ccc(Cl)nn1.O=CN1CCC(c2ccccc2C(F)(F)F)CC1. The van der Waals surface area contributed by atoms with E-state index in [0.717, 1.165) is 18.2 Å². The molecule has 1 aliphatic rings. The van der Waals surface area contributed by atoms with Crippen molar-refractivity contribution in [3.8, 4) is 0 Å². The summed E-state index contributed by atoms with van der Waals surface area (Å²) in [5.74, 6) is -0.112. The highest BCUT2D eigenvalue weighted by molar-refractivity contribution is 6.29. The highest BCUT2D eigenvalue weighted by atomic mass is 35.5. The van der Waals surface area contributed by atoms with Gasteiger partial charge < -0.3 is 4.90 Å². The average molecular weight is 416 g/mol. The highest BCUT2D eigenvalue weighted by Crippen LogP contribution is 2.38. The summed E-state index contributed by atoms with van der Waals surface area (Å²) in [4.78, 5) is 12.2. The second kappa shape index (κ2) is 11.6. The van der Waals surface area contributed by atoms with Crippen molar-refractivity contribution >= 4 is 18.0 Å². The van der Waals surface area contributed by atoms with E-state index in [0.29, 0.717) is 36.6 Å². The van der Waals surface area contributed by atoms with Gasteiger partial charge in [0, 0.05) is 13.1 Å². The summed E-state index contributed by atoms with van der Waals surface area (Å²) < 4.78 is 38.6. The van der Waals surface area contributed by atoms with Crippen LogP contribution in [0.15, 0.2) is 36.4 Å². The lowest BCUT2D eigenvalue weighted by Crippen LogP contribution is -2.32. The average Bonchev–Trinajstić information content (AvgIpc) is 2.72. The highest BCUT2D eigenvalue weighted by Gasteiger charge is 2.35. The van der Waals surface area contributed by atoms with E-state index in [2.05, 4.69) is 10.2 Å². The van der Waals surface area contributed by atoms with Gasteiger partial charge in [-0.25, -0.2) is 0 Å². The molecule has 1 amide bonds. The van der Waals surface area contributed by atoms with E-state index in [1.165, 1.54) is 6.07 Å². The molecule has 8 heteroatoms. The Balaban J connectivity index is 0.000000327. The number of carbonyl (C=O) groups is 1. The number of likely N-dealkylation sites (tertiary alicyclic amines) is 1. The summed E-state index contributed by atoms with van der Waals surface area (Å²) in [7, 11) is 0. The summed E-state index contributed by atoms with van der Waals surface area (Å²) in [6, 6.07) is 9.24. The number of aromatic nitrogens is 2. The molecule has 154 valence electrons. The zero-order valence-corrected chi connectivity index (χ0v) is 17.0. The molecule has 1 aromatic heterocycles. The minimum absolute atomic E-state index is 0.112. The first-order chi connectivity index (χ1) is 13.3. The van der Waals surface area contributed by atoms with Crippen LogP contribution in [-0.2, 0) is 11.0 Å². The van der Waals surface area contributed by atoms with E-state index in [-0.39, 0.29) is 5.92 Å². The number of aryl methyl sites for hydroxylation is 1. The molecular formula is C20H25ClF3N3O. The Morgan fingerprint density at radius 2 is 1.68 bits per heavy atom. The largest absolute Gasteiger partial charge is 0.416 e. The molecule has 0 bridgehead atoms. The van der Waals surface area contributed by atoms with Crippen LogP contribution in [0.1, 0.15) is 49.4 Å². The number of amides is 1. The van der Waals surface area contributed by atoms with Crippen molar-refractivity contribution < 1.29 is 18.0 Å². The van der Waals surface area contributed by atoms with Gasteiger partial charge >= 0.3 is 6.18 Å². The minimum atomic E-state index is -4.31. The van der Waals surface area contributed by atoms with Crippen LogP contribution >= 0.6 is 11.6 Å². The molecule has 0 aliphatic carbocycles. The van der Waals surface area contributed by atoms with Gasteiger partial charge in [-0.1, -0.05) is 43.6 Å². The topological polar surface area (TPSA) is 46.1 Å². The Bertz CT molecular complexity index is 694. The molecule has 1 fully saturated rings. The fourth-order valence-electron chi connectivity index (χ4n) is 2.81. The van der Waals surface area contributed by atoms with Gasteiger partial charge in [-0.3, -0.25) is 4.79 Å². The molecule has 1 aliphatic heterocycles. The number of carbonyl (C=O) groups excluding carboxylic acids is 1. The Labute approximate surface area is 168 Å². The normalized spacial score (nSPS) is 14.3. The third-order valence-electron chi connectivity index (χ3n) is 4.15. The van der Waals surface area contributed by atoms with Crippen LogP contribution < -0.4 is 0 Å². The van der Waals surface area contributed by atoms with Crippen molar-refractivity contribution in [2.24, 2.45) is 0 Å². The maximum atomic E-state index is 12.9. The molecule has 1 saturated heterocycles. The molecule has 2 aromatic rings. The third-order valence-corrected chi connectivity index (χ3v) is 4.35. The lowest BCUT2D eigenvalue weighted by molar-refractivity contribution is -0.138. The minimum Gasteiger partial charge on any atom is -0.345 e. The first kappa shape index (κ1) is 23.9. The molecule has 0 unspecified atom stereocenters. The zero-order valence-electron chi connectivity index (χ0n) is 16.2. The molecule has 0 atom stereocenters. The van der Waals surface area contributed by atoms with Crippen LogP contribution in [-0.4, -0.2) is 34.6 Å². The van der Waals surface area contributed by atoms with Crippen LogP contribution in [0.25, 0.3) is 0 Å². The summed E-state index contributed by atoms with van der Waals surface area (Å²) in [5, 5.41) is 7.73. The molecule has 1 aromatic carbocycles. The van der Waals surface area contributed by atoms with Crippen LogP contribution in [0.4, 0.5) is 13.2 Å². The first-order valence-corrected chi connectivity index (χ1v) is 9.50. The predicted octanol–water partition coefficient (Wildman–Crippen LogP) is 5.51. The maximum Gasteiger partial charge on any atom is 0.416 e. The fraction of sp³-hybridized carbons (Fsp3) is 0.450. The molecular weight excluding hydrogens is 391 g/mol. The van der Waals surface area contributed by atoms with Gasteiger partial charge in [-0.2, -0.15) is 18.3 Å². The van der Waals surface area contributed by atoms with E-state index in [1.54, 1.807) is 23.1 Å². The fourth-order valence-corrected chi connectivity index (χ4v) is 2.91. The molecule has 0 radical (unpaired) electrons. The lowest BCUT2D eigenvalue weighted by Gasteiger charge is -2.30. The summed E-state index contributed by atoms with van der Waals surface area (Å²) in [6.45, 7) is 6.92. The van der Waals surface area contributed by atoms with Crippen LogP contribution in [0.3, 0.4) is 0 Å². The maximum absolute atomic E-state index is 12.9.